The van der Waals surface area contributed by atoms with E-state index >= 15 is 0 Å². The molecule has 0 atom stereocenters. The highest BCUT2D eigenvalue weighted by atomic mass is 19.4. The molecule has 2 rings (SSSR count). The fourth-order valence-corrected chi connectivity index (χ4v) is 1.32. The van der Waals surface area contributed by atoms with E-state index in [1.165, 1.54) is 24.3 Å². The monoisotopic (exact) mass is 266 g/mol. The van der Waals surface area contributed by atoms with Gasteiger partial charge in [-0.15, -0.1) is 13.2 Å². The van der Waals surface area contributed by atoms with Gasteiger partial charge < -0.3 is 4.74 Å². The molecule has 0 heterocycles. The Balaban J connectivity index is 2.05. The molecule has 0 amide bonds. The van der Waals surface area contributed by atoms with Crippen LogP contribution in [0.25, 0.3) is 0 Å². The second-order valence-electron chi connectivity index (χ2n) is 3.58. The van der Waals surface area contributed by atoms with Gasteiger partial charge >= 0.3 is 6.36 Å². The lowest BCUT2D eigenvalue weighted by atomic mass is 10.3. The first-order valence-corrected chi connectivity index (χ1v) is 5.35. The second kappa shape index (κ2) is 5.51. The van der Waals surface area contributed by atoms with Crippen LogP contribution in [-0.4, -0.2) is 6.36 Å². The van der Waals surface area contributed by atoms with Crippen LogP contribution in [0.15, 0.2) is 64.8 Å². The summed E-state index contributed by atoms with van der Waals surface area (Å²) in [6.07, 6.45) is -4.69. The Labute approximate surface area is 107 Å². The molecule has 0 bridgehead atoms. The standard InChI is InChI=1S/C13H9F3N2O/c14-13(15,16)19-12-8-6-11(7-9-12)18-17-10-4-2-1-3-5-10/h1-9H/b18-17+. The number of benzene rings is 2. The molecule has 98 valence electrons. The van der Waals surface area contributed by atoms with Crippen molar-refractivity contribution >= 4 is 11.4 Å². The quantitative estimate of drug-likeness (QED) is 0.719. The lowest BCUT2D eigenvalue weighted by molar-refractivity contribution is -0.274. The summed E-state index contributed by atoms with van der Waals surface area (Å²) in [7, 11) is 0. The van der Waals surface area contributed by atoms with Gasteiger partial charge in [-0.2, -0.15) is 10.2 Å². The molecule has 0 aliphatic carbocycles. The summed E-state index contributed by atoms with van der Waals surface area (Å²) in [5.41, 5.74) is 1.11. The zero-order chi connectivity index (χ0) is 13.7. The van der Waals surface area contributed by atoms with Crippen molar-refractivity contribution in [2.45, 2.75) is 6.36 Å². The van der Waals surface area contributed by atoms with Crippen molar-refractivity contribution in [1.29, 1.82) is 0 Å². The molecule has 19 heavy (non-hydrogen) atoms. The molecule has 0 aromatic heterocycles. The molecule has 0 aliphatic heterocycles. The van der Waals surface area contributed by atoms with Crippen molar-refractivity contribution < 1.29 is 17.9 Å². The van der Waals surface area contributed by atoms with Crippen LogP contribution in [0.5, 0.6) is 5.75 Å². The minimum Gasteiger partial charge on any atom is -0.406 e. The first-order chi connectivity index (χ1) is 9.03. The molecule has 0 spiro atoms. The maximum absolute atomic E-state index is 11.9. The van der Waals surface area contributed by atoms with Crippen LogP contribution in [0, 0.1) is 0 Å². The van der Waals surface area contributed by atoms with Crippen LogP contribution in [0.3, 0.4) is 0 Å². The first-order valence-electron chi connectivity index (χ1n) is 5.35. The number of hydrogen-bond acceptors (Lipinski definition) is 3. The number of rotatable bonds is 3. The summed E-state index contributed by atoms with van der Waals surface area (Å²) in [5.74, 6) is -0.286. The molecule has 6 heteroatoms. The van der Waals surface area contributed by atoms with Crippen LogP contribution in [0.2, 0.25) is 0 Å². The molecule has 0 saturated heterocycles. The van der Waals surface area contributed by atoms with Crippen molar-refractivity contribution in [1.82, 2.24) is 0 Å². The van der Waals surface area contributed by atoms with Gasteiger partial charge in [-0.25, -0.2) is 0 Å². The minimum absolute atomic E-state index is 0.286. The molecule has 2 aromatic rings. The largest absolute Gasteiger partial charge is 0.573 e. The summed E-state index contributed by atoms with van der Waals surface area (Å²) >= 11 is 0. The zero-order valence-electron chi connectivity index (χ0n) is 9.63. The van der Waals surface area contributed by atoms with E-state index in [2.05, 4.69) is 15.0 Å². The van der Waals surface area contributed by atoms with Crippen LogP contribution < -0.4 is 4.74 Å². The van der Waals surface area contributed by atoms with E-state index in [9.17, 15) is 13.2 Å². The molecular weight excluding hydrogens is 257 g/mol. The molecule has 0 unspecified atom stereocenters. The Bertz CT molecular complexity index is 550. The third kappa shape index (κ3) is 4.42. The lowest BCUT2D eigenvalue weighted by Gasteiger charge is -2.07. The lowest BCUT2D eigenvalue weighted by Crippen LogP contribution is -2.16. The van der Waals surface area contributed by atoms with Crippen molar-refractivity contribution in [3.8, 4) is 5.75 Å². The number of halogens is 3. The van der Waals surface area contributed by atoms with E-state index in [4.69, 9.17) is 0 Å². The predicted molar refractivity (Wildman–Crippen MR) is 63.7 cm³/mol. The first kappa shape index (κ1) is 13.1. The maximum Gasteiger partial charge on any atom is 0.573 e. The van der Waals surface area contributed by atoms with Gasteiger partial charge in [-0.1, -0.05) is 18.2 Å². The summed E-state index contributed by atoms with van der Waals surface area (Å²) in [6.45, 7) is 0. The van der Waals surface area contributed by atoms with Gasteiger partial charge in [0, 0.05) is 0 Å². The average molecular weight is 266 g/mol. The van der Waals surface area contributed by atoms with Crippen molar-refractivity contribution in [3.05, 3.63) is 54.6 Å². The number of alkyl halides is 3. The van der Waals surface area contributed by atoms with Crippen molar-refractivity contribution in [2.75, 3.05) is 0 Å². The molecular formula is C13H9F3N2O. The third-order valence-electron chi connectivity index (χ3n) is 2.11. The molecule has 0 N–H and O–H groups in total. The third-order valence-corrected chi connectivity index (χ3v) is 2.11. The zero-order valence-corrected chi connectivity index (χ0v) is 9.63. The average Bonchev–Trinajstić information content (AvgIpc) is 2.37. The molecule has 0 saturated carbocycles. The van der Waals surface area contributed by atoms with Gasteiger partial charge in [0.2, 0.25) is 0 Å². The van der Waals surface area contributed by atoms with Crippen LogP contribution in [-0.2, 0) is 0 Å². The highest BCUT2D eigenvalue weighted by Gasteiger charge is 2.30. The summed E-state index contributed by atoms with van der Waals surface area (Å²) in [6, 6.07) is 14.2. The van der Waals surface area contributed by atoms with E-state index in [1.807, 2.05) is 18.2 Å². The van der Waals surface area contributed by atoms with Gasteiger partial charge in [0.15, 0.2) is 0 Å². The minimum atomic E-state index is -4.69. The topological polar surface area (TPSA) is 34.0 Å². The Hall–Kier alpha value is -2.37. The molecule has 0 radical (unpaired) electrons. The van der Waals surface area contributed by atoms with Gasteiger partial charge in [0.25, 0.3) is 0 Å². The van der Waals surface area contributed by atoms with Gasteiger partial charge in [0.1, 0.15) is 5.75 Å². The number of azo groups is 1. The molecule has 0 fully saturated rings. The Morgan fingerprint density at radius 2 is 1.26 bits per heavy atom. The van der Waals surface area contributed by atoms with E-state index in [-0.39, 0.29) is 5.75 Å². The van der Waals surface area contributed by atoms with Crippen LogP contribution in [0.1, 0.15) is 0 Å². The molecule has 0 aliphatic rings. The van der Waals surface area contributed by atoms with Crippen molar-refractivity contribution in [3.63, 3.8) is 0 Å². The van der Waals surface area contributed by atoms with E-state index in [0.717, 1.165) is 0 Å². The molecule has 2 aromatic carbocycles. The summed E-state index contributed by atoms with van der Waals surface area (Å²) in [4.78, 5) is 0. The number of hydrogen-bond donors (Lipinski definition) is 0. The highest BCUT2D eigenvalue weighted by molar-refractivity contribution is 5.42. The van der Waals surface area contributed by atoms with Crippen LogP contribution in [0.4, 0.5) is 24.5 Å². The Morgan fingerprint density at radius 1 is 0.737 bits per heavy atom. The van der Waals surface area contributed by atoms with E-state index in [0.29, 0.717) is 11.4 Å². The van der Waals surface area contributed by atoms with Gasteiger partial charge in [0.05, 0.1) is 11.4 Å². The second-order valence-corrected chi connectivity index (χ2v) is 3.58. The molecule has 3 nitrogen and oxygen atoms in total. The van der Waals surface area contributed by atoms with Crippen LogP contribution >= 0.6 is 0 Å². The van der Waals surface area contributed by atoms with Gasteiger partial charge in [-0.05, 0) is 36.4 Å². The Kier molecular flexibility index (Phi) is 3.79. The Morgan fingerprint density at radius 3 is 1.79 bits per heavy atom. The van der Waals surface area contributed by atoms with Crippen molar-refractivity contribution in [2.24, 2.45) is 10.2 Å². The summed E-state index contributed by atoms with van der Waals surface area (Å²) in [5, 5.41) is 7.84. The smallest absolute Gasteiger partial charge is 0.406 e. The van der Waals surface area contributed by atoms with E-state index < -0.39 is 6.36 Å². The van der Waals surface area contributed by atoms with E-state index in [1.54, 1.807) is 12.1 Å². The SMILES string of the molecule is FC(F)(F)Oc1ccc(/N=N/c2ccccc2)cc1. The number of nitrogens with zero attached hydrogens (tertiary/aromatic N) is 2. The number of ether oxygens (including phenoxy) is 1. The maximum atomic E-state index is 11.9. The summed E-state index contributed by atoms with van der Waals surface area (Å²) < 4.78 is 39.6. The highest BCUT2D eigenvalue weighted by Crippen LogP contribution is 2.25. The van der Waals surface area contributed by atoms with Gasteiger partial charge in [-0.3, -0.25) is 0 Å². The fraction of sp³-hybridized carbons (Fsp3) is 0.0769. The predicted octanol–water partition coefficient (Wildman–Crippen LogP) is 5.00. The fourth-order valence-electron chi connectivity index (χ4n) is 1.32. The normalized spacial score (nSPS) is 11.7.